The zero-order valence-electron chi connectivity index (χ0n) is 18.3. The van der Waals surface area contributed by atoms with Crippen molar-refractivity contribution >= 4 is 27.3 Å². The van der Waals surface area contributed by atoms with E-state index in [4.69, 9.17) is 21.1 Å². The Morgan fingerprint density at radius 3 is 2.19 bits per heavy atom. The van der Waals surface area contributed by atoms with E-state index in [1.807, 2.05) is 19.9 Å². The molecule has 3 aromatic rings. The number of hydrogen-bond donors (Lipinski definition) is 1. The molecule has 8 heteroatoms. The smallest absolute Gasteiger partial charge is 0.236 e. The van der Waals surface area contributed by atoms with Crippen LogP contribution in [-0.2, 0) is 15.8 Å². The molecule has 0 radical (unpaired) electrons. The fourth-order valence-electron chi connectivity index (χ4n) is 3.42. The standard InChI is InChI=1S/C24H25ClFNO4S/c1-15(2)20-12-21(24(31-4)13-23(20)30-3)19-10-9-18(26)11-22(19)27-32(28,29)14-16-5-7-17(25)8-6-16/h5-13,15,27H,14H2,1-4H3. The molecular formula is C24H25ClFNO4S. The number of benzene rings is 3. The topological polar surface area (TPSA) is 64.6 Å². The summed E-state index contributed by atoms with van der Waals surface area (Å²) in [5.74, 6) is 0.440. The number of sulfonamides is 1. The molecule has 5 nitrogen and oxygen atoms in total. The molecule has 0 unspecified atom stereocenters. The number of nitrogens with one attached hydrogen (secondary N) is 1. The van der Waals surface area contributed by atoms with Gasteiger partial charge in [-0.3, -0.25) is 4.72 Å². The molecule has 3 aromatic carbocycles. The maximum absolute atomic E-state index is 14.1. The Kier molecular flexibility index (Phi) is 7.31. The van der Waals surface area contributed by atoms with E-state index >= 15 is 0 Å². The summed E-state index contributed by atoms with van der Waals surface area (Å²) in [5, 5.41) is 0.513. The molecule has 0 atom stereocenters. The molecule has 3 rings (SSSR count). The second-order valence-corrected chi connectivity index (χ2v) is 9.79. The minimum absolute atomic E-state index is 0.122. The van der Waals surface area contributed by atoms with Gasteiger partial charge in [-0.15, -0.1) is 0 Å². The molecule has 1 N–H and O–H groups in total. The third-order valence-electron chi connectivity index (χ3n) is 4.98. The van der Waals surface area contributed by atoms with Gasteiger partial charge in [-0.2, -0.15) is 0 Å². The van der Waals surface area contributed by atoms with Gasteiger partial charge in [0.1, 0.15) is 17.3 Å². The Morgan fingerprint density at radius 2 is 1.59 bits per heavy atom. The molecule has 0 spiro atoms. The van der Waals surface area contributed by atoms with Gasteiger partial charge in [0, 0.05) is 22.2 Å². The number of hydrogen-bond acceptors (Lipinski definition) is 4. The molecule has 0 saturated heterocycles. The molecule has 0 saturated carbocycles. The highest BCUT2D eigenvalue weighted by molar-refractivity contribution is 7.91. The Labute approximate surface area is 193 Å². The Balaban J connectivity index is 2.07. The van der Waals surface area contributed by atoms with E-state index in [9.17, 15) is 12.8 Å². The molecule has 0 aliphatic carbocycles. The molecule has 0 fully saturated rings. The monoisotopic (exact) mass is 477 g/mol. The van der Waals surface area contributed by atoms with Crippen molar-refractivity contribution in [3.8, 4) is 22.6 Å². The third-order valence-corrected chi connectivity index (χ3v) is 6.48. The highest BCUT2D eigenvalue weighted by Crippen LogP contribution is 2.42. The third kappa shape index (κ3) is 5.53. The lowest BCUT2D eigenvalue weighted by molar-refractivity contribution is 0.390. The minimum atomic E-state index is -3.83. The van der Waals surface area contributed by atoms with Crippen molar-refractivity contribution in [2.75, 3.05) is 18.9 Å². The summed E-state index contributed by atoms with van der Waals surface area (Å²) in [7, 11) is -0.739. The van der Waals surface area contributed by atoms with Crippen molar-refractivity contribution in [2.24, 2.45) is 0 Å². The summed E-state index contributed by atoms with van der Waals surface area (Å²) < 4.78 is 53.4. The first-order valence-corrected chi connectivity index (χ1v) is 12.0. The summed E-state index contributed by atoms with van der Waals surface area (Å²) in [4.78, 5) is 0. The fraction of sp³-hybridized carbons (Fsp3) is 0.250. The average molecular weight is 478 g/mol. The SMILES string of the molecule is COc1cc(OC)c(C(C)C)cc1-c1ccc(F)cc1NS(=O)(=O)Cc1ccc(Cl)cc1. The molecule has 0 bridgehead atoms. The van der Waals surface area contributed by atoms with Crippen LogP contribution in [0.5, 0.6) is 11.5 Å². The van der Waals surface area contributed by atoms with Gasteiger partial charge in [-0.25, -0.2) is 12.8 Å². The molecule has 32 heavy (non-hydrogen) atoms. The predicted octanol–water partition coefficient (Wildman–Crippen LogP) is 6.23. The molecule has 0 aliphatic rings. The van der Waals surface area contributed by atoms with E-state index in [0.29, 0.717) is 33.2 Å². The van der Waals surface area contributed by atoms with Crippen LogP contribution in [0, 0.1) is 5.82 Å². The van der Waals surface area contributed by atoms with Gasteiger partial charge in [0.2, 0.25) is 10.0 Å². The van der Waals surface area contributed by atoms with Crippen molar-refractivity contribution in [3.05, 3.63) is 76.6 Å². The van der Waals surface area contributed by atoms with Crippen molar-refractivity contribution < 1.29 is 22.3 Å². The van der Waals surface area contributed by atoms with Gasteiger partial charge in [-0.1, -0.05) is 37.6 Å². The second kappa shape index (κ2) is 9.79. The van der Waals surface area contributed by atoms with E-state index in [-0.39, 0.29) is 17.4 Å². The van der Waals surface area contributed by atoms with E-state index in [0.717, 1.165) is 11.6 Å². The number of halogens is 2. The number of anilines is 1. The summed E-state index contributed by atoms with van der Waals surface area (Å²) in [5.41, 5.74) is 2.72. The minimum Gasteiger partial charge on any atom is -0.496 e. The first-order valence-electron chi connectivity index (χ1n) is 9.94. The highest BCUT2D eigenvalue weighted by atomic mass is 35.5. The number of ether oxygens (including phenoxy) is 2. The van der Waals surface area contributed by atoms with Crippen LogP contribution in [0.25, 0.3) is 11.1 Å². The van der Waals surface area contributed by atoms with Gasteiger partial charge in [0.15, 0.2) is 0 Å². The van der Waals surface area contributed by atoms with Crippen LogP contribution in [0.4, 0.5) is 10.1 Å². The van der Waals surface area contributed by atoms with Crippen LogP contribution < -0.4 is 14.2 Å². The van der Waals surface area contributed by atoms with Gasteiger partial charge in [-0.05, 0) is 53.4 Å². The zero-order chi connectivity index (χ0) is 23.5. The van der Waals surface area contributed by atoms with E-state index < -0.39 is 15.8 Å². The highest BCUT2D eigenvalue weighted by Gasteiger charge is 2.20. The van der Waals surface area contributed by atoms with Crippen LogP contribution >= 0.6 is 11.6 Å². The van der Waals surface area contributed by atoms with Crippen LogP contribution in [0.15, 0.2) is 54.6 Å². The maximum Gasteiger partial charge on any atom is 0.236 e. The van der Waals surface area contributed by atoms with Gasteiger partial charge < -0.3 is 9.47 Å². The molecule has 0 aliphatic heterocycles. The van der Waals surface area contributed by atoms with E-state index in [1.54, 1.807) is 37.4 Å². The van der Waals surface area contributed by atoms with Crippen LogP contribution in [0.3, 0.4) is 0 Å². The summed E-state index contributed by atoms with van der Waals surface area (Å²) in [6.07, 6.45) is 0. The predicted molar refractivity (Wildman–Crippen MR) is 127 cm³/mol. The van der Waals surface area contributed by atoms with Crippen molar-refractivity contribution in [2.45, 2.75) is 25.5 Å². The van der Waals surface area contributed by atoms with E-state index in [2.05, 4.69) is 4.72 Å². The van der Waals surface area contributed by atoms with Crippen LogP contribution in [0.1, 0.15) is 30.9 Å². The summed E-state index contributed by atoms with van der Waals surface area (Å²) in [6.45, 7) is 4.04. The zero-order valence-corrected chi connectivity index (χ0v) is 19.9. The molecule has 170 valence electrons. The second-order valence-electron chi connectivity index (χ2n) is 7.63. The molecular weight excluding hydrogens is 453 g/mol. The van der Waals surface area contributed by atoms with Crippen molar-refractivity contribution in [1.82, 2.24) is 0 Å². The average Bonchev–Trinajstić information content (AvgIpc) is 2.74. The maximum atomic E-state index is 14.1. The van der Waals surface area contributed by atoms with Crippen molar-refractivity contribution in [3.63, 3.8) is 0 Å². The number of rotatable bonds is 8. The largest absolute Gasteiger partial charge is 0.496 e. The molecule has 0 heterocycles. The fourth-order valence-corrected chi connectivity index (χ4v) is 4.76. The Hall–Kier alpha value is -2.77. The summed E-state index contributed by atoms with van der Waals surface area (Å²) >= 11 is 5.88. The molecule has 0 aromatic heterocycles. The lowest BCUT2D eigenvalue weighted by atomic mass is 9.94. The normalized spacial score (nSPS) is 11.5. The quantitative estimate of drug-likeness (QED) is 0.417. The lowest BCUT2D eigenvalue weighted by Gasteiger charge is -2.19. The Morgan fingerprint density at radius 1 is 0.938 bits per heavy atom. The van der Waals surface area contributed by atoms with Gasteiger partial charge in [0.25, 0.3) is 0 Å². The lowest BCUT2D eigenvalue weighted by Crippen LogP contribution is -2.16. The first-order chi connectivity index (χ1) is 15.1. The van der Waals surface area contributed by atoms with Crippen LogP contribution in [-0.4, -0.2) is 22.6 Å². The number of methoxy groups -OCH3 is 2. The van der Waals surface area contributed by atoms with Gasteiger partial charge in [0.05, 0.1) is 25.7 Å². The summed E-state index contributed by atoms with van der Waals surface area (Å²) in [6, 6.07) is 14.1. The molecule has 0 amide bonds. The van der Waals surface area contributed by atoms with Crippen LogP contribution in [0.2, 0.25) is 5.02 Å². The Bertz CT molecular complexity index is 1210. The van der Waals surface area contributed by atoms with Gasteiger partial charge >= 0.3 is 0 Å². The van der Waals surface area contributed by atoms with E-state index in [1.165, 1.54) is 19.2 Å². The first kappa shape index (κ1) is 23.9. The van der Waals surface area contributed by atoms with Crippen molar-refractivity contribution in [1.29, 1.82) is 0 Å².